The van der Waals surface area contributed by atoms with Crippen molar-refractivity contribution in [1.82, 2.24) is 25.2 Å². The van der Waals surface area contributed by atoms with Gasteiger partial charge in [0.2, 0.25) is 5.95 Å². The van der Waals surface area contributed by atoms with E-state index in [9.17, 15) is 0 Å². The van der Waals surface area contributed by atoms with Gasteiger partial charge in [0.1, 0.15) is 0 Å². The van der Waals surface area contributed by atoms with E-state index in [1.807, 2.05) is 35.3 Å². The SMILES string of the molecule is CC(c1ccccc1)n1nnnc1N1CC(c2ccncc2)C1. The molecular formula is C17H18N6. The lowest BCUT2D eigenvalue weighted by Crippen LogP contribution is -2.46. The van der Waals surface area contributed by atoms with E-state index in [4.69, 9.17) is 0 Å². The van der Waals surface area contributed by atoms with E-state index < -0.39 is 0 Å². The number of nitrogens with zero attached hydrogens (tertiary/aromatic N) is 6. The Hall–Kier alpha value is -2.76. The monoisotopic (exact) mass is 306 g/mol. The van der Waals surface area contributed by atoms with Crippen LogP contribution in [-0.4, -0.2) is 38.3 Å². The van der Waals surface area contributed by atoms with Crippen LogP contribution in [0.4, 0.5) is 5.95 Å². The minimum Gasteiger partial charge on any atom is -0.338 e. The van der Waals surface area contributed by atoms with Crippen molar-refractivity contribution in [1.29, 1.82) is 0 Å². The minimum atomic E-state index is 0.112. The second kappa shape index (κ2) is 5.79. The zero-order chi connectivity index (χ0) is 15.6. The van der Waals surface area contributed by atoms with Crippen molar-refractivity contribution in [3.05, 3.63) is 66.0 Å². The van der Waals surface area contributed by atoms with Gasteiger partial charge >= 0.3 is 0 Å². The summed E-state index contributed by atoms with van der Waals surface area (Å²) in [4.78, 5) is 6.30. The zero-order valence-electron chi connectivity index (χ0n) is 12.9. The molecule has 3 heterocycles. The smallest absolute Gasteiger partial charge is 0.246 e. The average Bonchev–Trinajstić information content (AvgIpc) is 3.04. The molecular weight excluding hydrogens is 288 g/mol. The Balaban J connectivity index is 1.51. The number of hydrogen-bond donors (Lipinski definition) is 0. The van der Waals surface area contributed by atoms with Crippen LogP contribution in [-0.2, 0) is 0 Å². The van der Waals surface area contributed by atoms with Crippen molar-refractivity contribution in [2.75, 3.05) is 18.0 Å². The number of benzene rings is 1. The Labute approximate surface area is 134 Å². The molecule has 0 spiro atoms. The van der Waals surface area contributed by atoms with E-state index in [1.165, 1.54) is 11.1 Å². The number of rotatable bonds is 4. The fraction of sp³-hybridized carbons (Fsp3) is 0.294. The number of anilines is 1. The lowest BCUT2D eigenvalue weighted by atomic mass is 9.93. The van der Waals surface area contributed by atoms with Crippen LogP contribution < -0.4 is 4.90 Å². The molecule has 0 radical (unpaired) electrons. The summed E-state index contributed by atoms with van der Waals surface area (Å²) >= 11 is 0. The van der Waals surface area contributed by atoms with Crippen LogP contribution in [0, 0.1) is 0 Å². The van der Waals surface area contributed by atoms with E-state index in [-0.39, 0.29) is 6.04 Å². The molecule has 6 nitrogen and oxygen atoms in total. The molecule has 1 fully saturated rings. The first-order chi connectivity index (χ1) is 11.3. The van der Waals surface area contributed by atoms with Crippen molar-refractivity contribution in [2.24, 2.45) is 0 Å². The van der Waals surface area contributed by atoms with Crippen LogP contribution in [0.15, 0.2) is 54.9 Å². The molecule has 1 aliphatic rings. The first-order valence-corrected chi connectivity index (χ1v) is 7.80. The summed E-state index contributed by atoms with van der Waals surface area (Å²) in [6.45, 7) is 3.99. The average molecular weight is 306 g/mol. The van der Waals surface area contributed by atoms with Gasteiger partial charge in [0.15, 0.2) is 0 Å². The van der Waals surface area contributed by atoms with Gasteiger partial charge in [-0.3, -0.25) is 4.98 Å². The topological polar surface area (TPSA) is 59.7 Å². The third kappa shape index (κ3) is 2.56. The van der Waals surface area contributed by atoms with Crippen LogP contribution in [0.25, 0.3) is 0 Å². The van der Waals surface area contributed by atoms with E-state index in [0.717, 1.165) is 19.0 Å². The molecule has 1 aliphatic heterocycles. The molecule has 1 saturated heterocycles. The van der Waals surface area contributed by atoms with Gasteiger partial charge in [0, 0.05) is 31.4 Å². The molecule has 116 valence electrons. The molecule has 23 heavy (non-hydrogen) atoms. The summed E-state index contributed by atoms with van der Waals surface area (Å²) in [6, 6.07) is 14.6. The highest BCUT2D eigenvalue weighted by atomic mass is 15.6. The highest BCUT2D eigenvalue weighted by Crippen LogP contribution is 2.31. The van der Waals surface area contributed by atoms with E-state index in [1.54, 1.807) is 0 Å². The van der Waals surface area contributed by atoms with Gasteiger partial charge < -0.3 is 4.90 Å². The Morgan fingerprint density at radius 2 is 1.78 bits per heavy atom. The Morgan fingerprint density at radius 1 is 1.04 bits per heavy atom. The fourth-order valence-corrected chi connectivity index (χ4v) is 3.01. The number of tetrazole rings is 1. The van der Waals surface area contributed by atoms with Gasteiger partial charge in [0.05, 0.1) is 6.04 Å². The number of aromatic nitrogens is 5. The first-order valence-electron chi connectivity index (χ1n) is 7.80. The molecule has 0 amide bonds. The zero-order valence-corrected chi connectivity index (χ0v) is 12.9. The molecule has 3 aromatic rings. The summed E-state index contributed by atoms with van der Waals surface area (Å²) in [5.74, 6) is 1.36. The van der Waals surface area contributed by atoms with Crippen molar-refractivity contribution < 1.29 is 0 Å². The van der Waals surface area contributed by atoms with E-state index >= 15 is 0 Å². The number of pyridine rings is 1. The van der Waals surface area contributed by atoms with Gasteiger partial charge in [-0.05, 0) is 40.6 Å². The molecule has 1 unspecified atom stereocenters. The summed E-state index contributed by atoms with van der Waals surface area (Å²) < 4.78 is 1.90. The van der Waals surface area contributed by atoms with Gasteiger partial charge in [0.25, 0.3) is 0 Å². The second-order valence-corrected chi connectivity index (χ2v) is 5.89. The molecule has 1 aromatic carbocycles. The van der Waals surface area contributed by atoms with E-state index in [2.05, 4.69) is 56.6 Å². The normalized spacial score (nSPS) is 16.1. The molecule has 6 heteroatoms. The summed E-state index contributed by atoms with van der Waals surface area (Å²) in [5.41, 5.74) is 2.53. The highest BCUT2D eigenvalue weighted by molar-refractivity contribution is 5.39. The Kier molecular flexibility index (Phi) is 3.49. The van der Waals surface area contributed by atoms with Crippen LogP contribution in [0.1, 0.15) is 30.0 Å². The van der Waals surface area contributed by atoms with Gasteiger partial charge in [-0.1, -0.05) is 35.4 Å². The molecule has 0 N–H and O–H groups in total. The molecule has 4 rings (SSSR count). The maximum Gasteiger partial charge on any atom is 0.246 e. The standard InChI is InChI=1S/C17H18N6/c1-13(14-5-3-2-4-6-14)23-17(19-20-21-23)22-11-16(12-22)15-7-9-18-10-8-15/h2-10,13,16H,11-12H2,1H3. The predicted octanol–water partition coefficient (Wildman–Crippen LogP) is 2.28. The molecule has 1 atom stereocenters. The van der Waals surface area contributed by atoms with Crippen molar-refractivity contribution in [2.45, 2.75) is 18.9 Å². The summed E-state index contributed by atoms with van der Waals surface area (Å²) in [7, 11) is 0. The molecule has 0 aliphatic carbocycles. The highest BCUT2D eigenvalue weighted by Gasteiger charge is 2.32. The third-order valence-electron chi connectivity index (χ3n) is 4.47. The third-order valence-corrected chi connectivity index (χ3v) is 4.47. The quantitative estimate of drug-likeness (QED) is 0.740. The van der Waals surface area contributed by atoms with Gasteiger partial charge in [-0.15, -0.1) is 0 Å². The van der Waals surface area contributed by atoms with Gasteiger partial charge in [-0.25, -0.2) is 4.68 Å². The summed E-state index contributed by atoms with van der Waals surface area (Å²) in [5, 5.41) is 12.3. The summed E-state index contributed by atoms with van der Waals surface area (Å²) in [6.07, 6.45) is 3.69. The Bertz CT molecular complexity index is 764. The van der Waals surface area contributed by atoms with Crippen LogP contribution in [0.2, 0.25) is 0 Å². The van der Waals surface area contributed by atoms with Gasteiger partial charge in [-0.2, -0.15) is 0 Å². The van der Waals surface area contributed by atoms with Crippen LogP contribution >= 0.6 is 0 Å². The molecule has 0 bridgehead atoms. The largest absolute Gasteiger partial charge is 0.338 e. The minimum absolute atomic E-state index is 0.112. The lowest BCUT2D eigenvalue weighted by Gasteiger charge is -2.40. The van der Waals surface area contributed by atoms with Crippen LogP contribution in [0.3, 0.4) is 0 Å². The van der Waals surface area contributed by atoms with Crippen molar-refractivity contribution in [3.8, 4) is 0 Å². The second-order valence-electron chi connectivity index (χ2n) is 5.89. The maximum atomic E-state index is 4.23. The van der Waals surface area contributed by atoms with E-state index in [0.29, 0.717) is 5.92 Å². The first kappa shape index (κ1) is 13.9. The predicted molar refractivity (Wildman–Crippen MR) is 87.3 cm³/mol. The number of hydrogen-bond acceptors (Lipinski definition) is 5. The fourth-order valence-electron chi connectivity index (χ4n) is 3.01. The lowest BCUT2D eigenvalue weighted by molar-refractivity contribution is 0.476. The van der Waals surface area contributed by atoms with Crippen LogP contribution in [0.5, 0.6) is 0 Å². The molecule has 0 saturated carbocycles. The maximum absolute atomic E-state index is 4.23. The van der Waals surface area contributed by atoms with Crippen molar-refractivity contribution in [3.63, 3.8) is 0 Å². The molecule has 2 aromatic heterocycles. The Morgan fingerprint density at radius 3 is 2.52 bits per heavy atom. The van der Waals surface area contributed by atoms with Crippen molar-refractivity contribution >= 4 is 5.95 Å².